The number of hydrogen-bond acceptors (Lipinski definition) is 4. The second-order valence-corrected chi connectivity index (χ2v) is 1.53. The summed E-state index contributed by atoms with van der Waals surface area (Å²) in [6, 6.07) is 0. The molecule has 0 spiro atoms. The van der Waals surface area contributed by atoms with Crippen LogP contribution in [0.4, 0.5) is 0 Å². The van der Waals surface area contributed by atoms with E-state index in [0.29, 0.717) is 0 Å². The fourth-order valence-electron chi connectivity index (χ4n) is 0.164. The monoisotopic (exact) mass is 174 g/mol. The Balaban J connectivity index is 0. The predicted octanol–water partition coefficient (Wildman–Crippen LogP) is -0.437. The topological polar surface area (TPSA) is 55.2 Å². The molecule has 1 N–H and O–H groups in total. The summed E-state index contributed by atoms with van der Waals surface area (Å²) in [6.45, 7) is 0. The van der Waals surface area contributed by atoms with Gasteiger partial charge >= 0.3 is 51.4 Å². The van der Waals surface area contributed by atoms with E-state index in [9.17, 15) is 10.1 Å². The molecule has 48 valence electrons. The van der Waals surface area contributed by atoms with Gasteiger partial charge in [0.1, 0.15) is 5.03 Å². The van der Waals surface area contributed by atoms with Crippen molar-refractivity contribution >= 4 is 64.0 Å². The molecule has 0 rings (SSSR count). The first-order valence-corrected chi connectivity index (χ1v) is 2.33. The fourth-order valence-corrected chi connectivity index (χ4v) is 0.259. The number of nitrogens with one attached hydrogen (secondary N) is 1. The average molecular weight is 174 g/mol. The summed E-state index contributed by atoms with van der Waals surface area (Å²) in [5.41, 5.74) is 0. The molecule has 0 radical (unpaired) electrons. The van der Waals surface area contributed by atoms with Crippen LogP contribution >= 0.6 is 12.6 Å². The molecule has 0 aromatic heterocycles. The van der Waals surface area contributed by atoms with E-state index in [1.165, 1.54) is 0 Å². The Morgan fingerprint density at radius 2 is 2.33 bits per heavy atom. The van der Waals surface area contributed by atoms with Gasteiger partial charge in [-0.3, -0.25) is 10.1 Å². The van der Waals surface area contributed by atoms with E-state index >= 15 is 0 Å². The minimum absolute atomic E-state index is 0. The van der Waals surface area contributed by atoms with Gasteiger partial charge in [-0.1, -0.05) is 0 Å². The van der Waals surface area contributed by atoms with Crippen molar-refractivity contribution in [3.8, 4) is 0 Å². The van der Waals surface area contributed by atoms with Crippen molar-refractivity contribution in [1.29, 1.82) is 0 Å². The van der Waals surface area contributed by atoms with Crippen molar-refractivity contribution < 1.29 is 4.92 Å². The molecule has 0 aromatic carbocycles. The van der Waals surface area contributed by atoms with E-state index in [1.807, 2.05) is 0 Å². The average Bonchev–Trinajstić information content (AvgIpc) is 1.65. The van der Waals surface area contributed by atoms with Crippen LogP contribution in [-0.4, -0.2) is 63.4 Å². The third-order valence-electron chi connectivity index (χ3n) is 0.484. The molecule has 0 saturated heterocycles. The summed E-state index contributed by atoms with van der Waals surface area (Å²) >= 11 is 3.68. The Kier molecular flexibility index (Phi) is 9.85. The normalized spacial score (nSPS) is 9.78. The van der Waals surface area contributed by atoms with E-state index in [4.69, 9.17) is 0 Å². The van der Waals surface area contributed by atoms with Crippen LogP contribution in [0.2, 0.25) is 0 Å². The molecule has 0 unspecified atom stereocenters. The summed E-state index contributed by atoms with van der Waals surface area (Å²) in [7, 11) is 1.56. The minimum atomic E-state index is -0.571. The summed E-state index contributed by atoms with van der Waals surface area (Å²) in [5.74, 6) is 0. The standard InChI is InChI=1S/C3H6N2O2S.K.H/c1-4-3(8)2-5(6)7;;/h2,4,8H,1H3;;. The van der Waals surface area contributed by atoms with Gasteiger partial charge < -0.3 is 5.32 Å². The number of hydrogen-bond donors (Lipinski definition) is 2. The molecule has 0 aliphatic rings. The molecular weight excluding hydrogens is 167 g/mol. The Bertz CT molecular complexity index is 127. The van der Waals surface area contributed by atoms with Crippen molar-refractivity contribution in [1.82, 2.24) is 5.32 Å². The fraction of sp³-hybridized carbons (Fsp3) is 0.333. The Morgan fingerprint density at radius 1 is 1.89 bits per heavy atom. The van der Waals surface area contributed by atoms with Crippen molar-refractivity contribution in [3.05, 3.63) is 21.3 Å². The molecule has 0 aromatic rings. The van der Waals surface area contributed by atoms with Gasteiger partial charge in [-0.05, 0) is 0 Å². The van der Waals surface area contributed by atoms with Gasteiger partial charge in [0.25, 0.3) is 6.20 Å². The molecule has 0 bridgehead atoms. The predicted molar refractivity (Wildman–Crippen MR) is 40.3 cm³/mol. The van der Waals surface area contributed by atoms with Gasteiger partial charge in [0.15, 0.2) is 0 Å². The van der Waals surface area contributed by atoms with Crippen LogP contribution < -0.4 is 5.32 Å². The first-order valence-electron chi connectivity index (χ1n) is 1.89. The van der Waals surface area contributed by atoms with Crippen LogP contribution in [0.1, 0.15) is 0 Å². The third-order valence-corrected chi connectivity index (χ3v) is 0.823. The summed E-state index contributed by atoms with van der Waals surface area (Å²) < 4.78 is 0. The van der Waals surface area contributed by atoms with E-state index in [2.05, 4.69) is 17.9 Å². The van der Waals surface area contributed by atoms with Crippen LogP contribution in [0.5, 0.6) is 0 Å². The van der Waals surface area contributed by atoms with Gasteiger partial charge in [-0.2, -0.15) is 0 Å². The number of nitrogens with zero attached hydrogens (tertiary/aromatic N) is 1. The van der Waals surface area contributed by atoms with Gasteiger partial charge in [0, 0.05) is 7.05 Å². The summed E-state index contributed by atoms with van der Waals surface area (Å²) in [4.78, 5) is 9.04. The van der Waals surface area contributed by atoms with Crippen molar-refractivity contribution in [3.63, 3.8) is 0 Å². The van der Waals surface area contributed by atoms with Crippen molar-refractivity contribution in [2.24, 2.45) is 0 Å². The van der Waals surface area contributed by atoms with Crippen LogP contribution in [0.25, 0.3) is 0 Å². The zero-order valence-corrected chi connectivity index (χ0v) is 5.18. The summed E-state index contributed by atoms with van der Waals surface area (Å²) in [6.07, 6.45) is 0.781. The molecule has 6 heteroatoms. The zero-order chi connectivity index (χ0) is 6.57. The molecule has 0 amide bonds. The molecule has 0 saturated carbocycles. The van der Waals surface area contributed by atoms with E-state index < -0.39 is 4.92 Å². The van der Waals surface area contributed by atoms with Gasteiger partial charge in [-0.15, -0.1) is 12.6 Å². The van der Waals surface area contributed by atoms with E-state index in [-0.39, 0.29) is 56.4 Å². The quantitative estimate of drug-likeness (QED) is 0.258. The van der Waals surface area contributed by atoms with Gasteiger partial charge in [0.2, 0.25) is 0 Å². The molecule has 0 fully saturated rings. The first-order chi connectivity index (χ1) is 3.66. The molecule has 0 aliphatic carbocycles. The molecule has 4 nitrogen and oxygen atoms in total. The first kappa shape index (κ1) is 12.6. The Labute approximate surface area is 101 Å². The molecule has 9 heavy (non-hydrogen) atoms. The van der Waals surface area contributed by atoms with Crippen LogP contribution in [0.3, 0.4) is 0 Å². The van der Waals surface area contributed by atoms with Gasteiger partial charge in [0.05, 0.1) is 4.92 Å². The van der Waals surface area contributed by atoms with E-state index in [0.717, 1.165) is 6.20 Å². The summed E-state index contributed by atoms with van der Waals surface area (Å²) in [5, 5.41) is 12.3. The number of thiol groups is 1. The Hall–Kier alpha value is 0.926. The van der Waals surface area contributed by atoms with Gasteiger partial charge in [-0.25, -0.2) is 0 Å². The third kappa shape index (κ3) is 8.93. The van der Waals surface area contributed by atoms with Crippen LogP contribution in [0, 0.1) is 10.1 Å². The van der Waals surface area contributed by atoms with E-state index in [1.54, 1.807) is 7.05 Å². The number of nitro groups is 1. The molecule has 0 heterocycles. The van der Waals surface area contributed by atoms with Crippen molar-refractivity contribution in [2.75, 3.05) is 7.05 Å². The van der Waals surface area contributed by atoms with Crippen LogP contribution in [-0.2, 0) is 0 Å². The SMILES string of the molecule is CNC(S)=C[N+](=O)[O-].[KH]. The Morgan fingerprint density at radius 3 is 2.44 bits per heavy atom. The number of rotatable bonds is 2. The zero-order valence-electron chi connectivity index (χ0n) is 4.29. The molecular formula is C3H7KN2O2S. The maximum absolute atomic E-state index is 9.61. The molecule has 0 atom stereocenters. The second kappa shape index (κ2) is 7.04. The van der Waals surface area contributed by atoms with Crippen LogP contribution in [0.15, 0.2) is 11.2 Å². The van der Waals surface area contributed by atoms with Crippen molar-refractivity contribution in [2.45, 2.75) is 0 Å². The second-order valence-electron chi connectivity index (χ2n) is 1.05. The molecule has 0 aliphatic heterocycles. The maximum atomic E-state index is 9.61.